The molecule has 84 valence electrons. The van der Waals surface area contributed by atoms with Gasteiger partial charge >= 0.3 is 0 Å². The van der Waals surface area contributed by atoms with Gasteiger partial charge in [-0.05, 0) is 47.2 Å². The van der Waals surface area contributed by atoms with Gasteiger partial charge in [0.2, 0.25) is 0 Å². The third kappa shape index (κ3) is 4.55. The molecule has 0 radical (unpaired) electrons. The fraction of sp³-hybridized carbons (Fsp3) is 0.455. The predicted molar refractivity (Wildman–Crippen MR) is 69.2 cm³/mol. The van der Waals surface area contributed by atoms with Gasteiger partial charge in [0.05, 0.1) is 6.61 Å². The number of halogens is 1. The molecule has 4 heteroatoms. The van der Waals surface area contributed by atoms with Crippen molar-refractivity contribution < 1.29 is 5.11 Å². The van der Waals surface area contributed by atoms with Crippen LogP contribution in [-0.4, -0.2) is 23.0 Å². The highest BCUT2D eigenvalue weighted by atomic mass is 79.9. The maximum Gasteiger partial charge on any atom is 0.0608 e. The van der Waals surface area contributed by atoms with Crippen molar-refractivity contribution in [2.24, 2.45) is 5.73 Å². The van der Waals surface area contributed by atoms with Gasteiger partial charge in [0.25, 0.3) is 0 Å². The number of rotatable bonds is 5. The highest BCUT2D eigenvalue weighted by Gasteiger charge is 2.16. The molecule has 0 aliphatic rings. The lowest BCUT2D eigenvalue weighted by Gasteiger charge is -2.21. The smallest absolute Gasteiger partial charge is 0.0608 e. The molecule has 3 N–H and O–H groups in total. The Bertz CT molecular complexity index is 317. The fourth-order valence-corrected chi connectivity index (χ4v) is 2.83. The lowest BCUT2D eigenvalue weighted by Crippen LogP contribution is -2.40. The maximum absolute atomic E-state index is 9.00. The lowest BCUT2D eigenvalue weighted by molar-refractivity contribution is 0.206. The fourth-order valence-electron chi connectivity index (χ4n) is 1.03. The summed E-state index contributed by atoms with van der Waals surface area (Å²) in [4.78, 5) is 1.21. The van der Waals surface area contributed by atoms with Crippen LogP contribution in [0.25, 0.3) is 0 Å². The Labute approximate surface area is 103 Å². The first-order chi connectivity index (χ1) is 7.05. The highest BCUT2D eigenvalue weighted by Crippen LogP contribution is 2.28. The third-order valence-electron chi connectivity index (χ3n) is 2.13. The summed E-state index contributed by atoms with van der Waals surface area (Å²) in [5.74, 6) is 0.913. The normalized spacial score (nSPS) is 14.9. The Morgan fingerprint density at radius 3 is 2.73 bits per heavy atom. The molecule has 0 saturated heterocycles. The van der Waals surface area contributed by atoms with Crippen molar-refractivity contribution in [2.45, 2.75) is 23.8 Å². The van der Waals surface area contributed by atoms with E-state index in [0.717, 1.165) is 16.6 Å². The van der Waals surface area contributed by atoms with Gasteiger partial charge in [-0.15, -0.1) is 11.8 Å². The molecule has 0 heterocycles. The number of nitrogens with two attached hydrogens (primary N) is 1. The summed E-state index contributed by atoms with van der Waals surface area (Å²) < 4.78 is 1.11. The van der Waals surface area contributed by atoms with Gasteiger partial charge in [-0.3, -0.25) is 0 Å². The molecule has 1 rings (SSSR count). The van der Waals surface area contributed by atoms with Crippen LogP contribution in [0.2, 0.25) is 0 Å². The summed E-state index contributed by atoms with van der Waals surface area (Å²) in [6.07, 6.45) is 0.801. The van der Waals surface area contributed by atoms with Gasteiger partial charge < -0.3 is 10.8 Å². The number of benzene rings is 1. The third-order valence-corrected chi connectivity index (χ3v) is 4.16. The van der Waals surface area contributed by atoms with Crippen molar-refractivity contribution in [1.82, 2.24) is 0 Å². The summed E-state index contributed by atoms with van der Waals surface area (Å²) in [6, 6.07) is 8.10. The summed E-state index contributed by atoms with van der Waals surface area (Å²) in [5, 5.41) is 9.00. The van der Waals surface area contributed by atoms with Crippen LogP contribution in [0.5, 0.6) is 0 Å². The molecule has 1 atom stereocenters. The zero-order valence-electron chi connectivity index (χ0n) is 8.74. The second-order valence-corrected chi connectivity index (χ2v) is 5.83. The van der Waals surface area contributed by atoms with Crippen molar-refractivity contribution >= 4 is 27.7 Å². The maximum atomic E-state index is 9.00. The van der Waals surface area contributed by atoms with E-state index in [1.807, 2.05) is 25.1 Å². The van der Waals surface area contributed by atoms with Gasteiger partial charge in [-0.25, -0.2) is 0 Å². The second-order valence-electron chi connectivity index (χ2n) is 3.84. The summed E-state index contributed by atoms with van der Waals surface area (Å²) in [5.41, 5.74) is 5.38. The van der Waals surface area contributed by atoms with Gasteiger partial charge in [0.15, 0.2) is 0 Å². The van der Waals surface area contributed by atoms with E-state index in [1.54, 1.807) is 11.8 Å². The Hall–Kier alpha value is -0.0300. The van der Waals surface area contributed by atoms with Crippen LogP contribution in [0, 0.1) is 0 Å². The zero-order chi connectivity index (χ0) is 11.3. The number of hydrogen-bond donors (Lipinski definition) is 2. The topological polar surface area (TPSA) is 46.2 Å². The Balaban J connectivity index is 2.42. The monoisotopic (exact) mass is 289 g/mol. The van der Waals surface area contributed by atoms with Crippen LogP contribution >= 0.6 is 27.7 Å². The number of hydrogen-bond acceptors (Lipinski definition) is 3. The van der Waals surface area contributed by atoms with Gasteiger partial charge in [0, 0.05) is 14.9 Å². The van der Waals surface area contributed by atoms with Gasteiger partial charge in [-0.1, -0.05) is 12.1 Å². The van der Waals surface area contributed by atoms with E-state index in [1.165, 1.54) is 4.90 Å². The van der Waals surface area contributed by atoms with Crippen molar-refractivity contribution in [3.05, 3.63) is 28.7 Å². The average molecular weight is 290 g/mol. The number of thioether (sulfide) groups is 1. The highest BCUT2D eigenvalue weighted by molar-refractivity contribution is 9.10. The number of aliphatic hydroxyl groups is 1. The summed E-state index contributed by atoms with van der Waals surface area (Å²) >= 11 is 5.24. The quantitative estimate of drug-likeness (QED) is 0.820. The van der Waals surface area contributed by atoms with Crippen LogP contribution in [0.3, 0.4) is 0 Å². The molecule has 15 heavy (non-hydrogen) atoms. The molecule has 0 aliphatic carbocycles. The van der Waals surface area contributed by atoms with Crippen LogP contribution in [0.4, 0.5) is 0 Å². The molecule has 0 fully saturated rings. The largest absolute Gasteiger partial charge is 0.394 e. The Kier molecular flexibility index (Phi) is 5.12. The molecule has 0 amide bonds. The van der Waals surface area contributed by atoms with Crippen LogP contribution in [-0.2, 0) is 0 Å². The van der Waals surface area contributed by atoms with E-state index in [9.17, 15) is 0 Å². The molecule has 1 unspecified atom stereocenters. The molecule has 0 saturated carbocycles. The van der Waals surface area contributed by atoms with E-state index in [0.29, 0.717) is 0 Å². The Morgan fingerprint density at radius 2 is 2.13 bits per heavy atom. The first-order valence-electron chi connectivity index (χ1n) is 4.82. The zero-order valence-corrected chi connectivity index (χ0v) is 11.1. The molecule has 1 aromatic rings. The number of aliphatic hydroxyl groups excluding tert-OH is 1. The van der Waals surface area contributed by atoms with Crippen molar-refractivity contribution in [3.8, 4) is 0 Å². The lowest BCUT2D eigenvalue weighted by atomic mass is 10.0. The summed E-state index contributed by atoms with van der Waals surface area (Å²) in [6.45, 7) is 1.90. The van der Waals surface area contributed by atoms with Gasteiger partial charge in [0.1, 0.15) is 0 Å². The predicted octanol–water partition coefficient (Wildman–Crippen LogP) is 2.64. The molecule has 2 nitrogen and oxygen atoms in total. The minimum absolute atomic E-state index is 0.0313. The molecular weight excluding hydrogens is 274 g/mol. The van der Waals surface area contributed by atoms with Crippen LogP contribution in [0.15, 0.2) is 33.6 Å². The van der Waals surface area contributed by atoms with Crippen molar-refractivity contribution in [3.63, 3.8) is 0 Å². The van der Waals surface area contributed by atoms with Crippen molar-refractivity contribution in [2.75, 3.05) is 12.4 Å². The molecule has 0 spiro atoms. The molecule has 1 aromatic carbocycles. The Morgan fingerprint density at radius 1 is 1.47 bits per heavy atom. The van der Waals surface area contributed by atoms with Crippen LogP contribution < -0.4 is 5.73 Å². The molecular formula is C11H16BrNOS. The first kappa shape index (κ1) is 13.0. The van der Waals surface area contributed by atoms with E-state index in [-0.39, 0.29) is 6.61 Å². The molecule has 0 bridgehead atoms. The second kappa shape index (κ2) is 5.89. The standard InChI is InChI=1S/C11H16BrNOS/c1-11(13,8-14)6-7-15-10-5-3-2-4-9(10)12/h2-5,14H,6-8,13H2,1H3. The van der Waals surface area contributed by atoms with E-state index in [2.05, 4.69) is 22.0 Å². The SMILES string of the molecule is CC(N)(CO)CCSc1ccccc1Br. The first-order valence-corrected chi connectivity index (χ1v) is 6.60. The van der Waals surface area contributed by atoms with E-state index < -0.39 is 5.54 Å². The summed E-state index contributed by atoms with van der Waals surface area (Å²) in [7, 11) is 0. The molecule has 0 aromatic heterocycles. The minimum Gasteiger partial charge on any atom is -0.394 e. The minimum atomic E-state index is -0.464. The van der Waals surface area contributed by atoms with E-state index in [4.69, 9.17) is 10.8 Å². The van der Waals surface area contributed by atoms with Crippen molar-refractivity contribution in [1.29, 1.82) is 0 Å². The van der Waals surface area contributed by atoms with Crippen LogP contribution in [0.1, 0.15) is 13.3 Å². The van der Waals surface area contributed by atoms with Gasteiger partial charge in [-0.2, -0.15) is 0 Å². The van der Waals surface area contributed by atoms with E-state index >= 15 is 0 Å². The average Bonchev–Trinajstić information content (AvgIpc) is 2.21. The molecule has 0 aliphatic heterocycles.